The number of hydrogen-bond donors (Lipinski definition) is 5. The summed E-state index contributed by atoms with van der Waals surface area (Å²) < 4.78 is 8.52. The first kappa shape index (κ1) is 32.4. The summed E-state index contributed by atoms with van der Waals surface area (Å²) in [6.07, 6.45) is 17.0. The third-order valence-electron chi connectivity index (χ3n) is 9.88. The van der Waals surface area contributed by atoms with Crippen LogP contribution in [0.15, 0.2) is 65.1 Å². The molecule has 0 radical (unpaired) electrons. The van der Waals surface area contributed by atoms with Gasteiger partial charge in [-0.3, -0.25) is 4.79 Å². The molecule has 244 valence electrons. The van der Waals surface area contributed by atoms with E-state index in [0.717, 1.165) is 76.7 Å². The number of aliphatic carboxylic acids is 1. The zero-order valence-electron chi connectivity index (χ0n) is 26.7. The Morgan fingerprint density at radius 2 is 1.80 bits per heavy atom. The summed E-state index contributed by atoms with van der Waals surface area (Å²) in [5.41, 5.74) is 21.4. The van der Waals surface area contributed by atoms with Gasteiger partial charge >= 0.3 is 5.97 Å². The van der Waals surface area contributed by atoms with Gasteiger partial charge in [-0.2, -0.15) is 4.58 Å². The molecule has 3 fully saturated rings. The molecule has 5 aliphatic rings. The van der Waals surface area contributed by atoms with Crippen LogP contribution in [-0.4, -0.2) is 86.6 Å². The van der Waals surface area contributed by atoms with E-state index in [0.29, 0.717) is 47.4 Å². The Labute approximate surface area is 266 Å². The smallest absolute Gasteiger partial charge is 0.306 e. The van der Waals surface area contributed by atoms with E-state index in [2.05, 4.69) is 25.6 Å². The SMILES string of the molecule is CC.NC(N)=C(/C=C(\N)C1=CCCC=C1O)N1CC=[N+](c2ccnc(OC3CCN(C4CC5(CC(C(=O)O)C5)C4)CC3)c2)CC1. The molecule has 2 saturated carbocycles. The van der Waals surface area contributed by atoms with Gasteiger partial charge in [0, 0.05) is 42.7 Å². The quantitative estimate of drug-likeness (QED) is 0.213. The summed E-state index contributed by atoms with van der Waals surface area (Å²) >= 11 is 0. The van der Waals surface area contributed by atoms with Gasteiger partial charge in [-0.25, -0.2) is 4.98 Å². The van der Waals surface area contributed by atoms with E-state index in [1.54, 1.807) is 18.3 Å². The molecule has 11 heteroatoms. The highest BCUT2D eigenvalue weighted by Crippen LogP contribution is 2.60. The van der Waals surface area contributed by atoms with Crippen molar-refractivity contribution >= 4 is 17.9 Å². The van der Waals surface area contributed by atoms with Crippen LogP contribution < -0.4 is 21.9 Å². The average Bonchev–Trinajstić information content (AvgIpc) is 3.00. The van der Waals surface area contributed by atoms with Crippen molar-refractivity contribution < 1.29 is 24.3 Å². The van der Waals surface area contributed by atoms with E-state index in [4.69, 9.17) is 21.9 Å². The maximum Gasteiger partial charge on any atom is 0.306 e. The van der Waals surface area contributed by atoms with Gasteiger partial charge < -0.3 is 42.0 Å². The van der Waals surface area contributed by atoms with Crippen LogP contribution in [0.4, 0.5) is 5.69 Å². The fourth-order valence-corrected chi connectivity index (χ4v) is 7.43. The number of allylic oxidation sites excluding steroid dienone is 3. The first-order valence-electron chi connectivity index (χ1n) is 16.5. The number of carboxylic acids is 1. The van der Waals surface area contributed by atoms with E-state index in [9.17, 15) is 15.0 Å². The Kier molecular flexibility index (Phi) is 10.1. The summed E-state index contributed by atoms with van der Waals surface area (Å²) in [5, 5.41) is 19.4. The third kappa shape index (κ3) is 7.30. The molecule has 11 nitrogen and oxygen atoms in total. The number of carboxylic acid groups (broad SMARTS) is 1. The van der Waals surface area contributed by atoms with Gasteiger partial charge in [0.25, 0.3) is 0 Å². The van der Waals surface area contributed by atoms with E-state index < -0.39 is 5.97 Å². The lowest BCUT2D eigenvalue weighted by molar-refractivity contribution is -0.442. The van der Waals surface area contributed by atoms with Crippen molar-refractivity contribution in [3.05, 3.63) is 65.1 Å². The van der Waals surface area contributed by atoms with Crippen molar-refractivity contribution in [3.63, 3.8) is 0 Å². The van der Waals surface area contributed by atoms with E-state index in [1.165, 1.54) is 0 Å². The highest BCUT2D eigenvalue weighted by molar-refractivity contribution is 5.71. The van der Waals surface area contributed by atoms with Crippen LogP contribution >= 0.6 is 0 Å². The number of pyridine rings is 1. The summed E-state index contributed by atoms with van der Waals surface area (Å²) in [6, 6.07) is 4.58. The molecule has 1 aromatic rings. The number of aliphatic hydroxyl groups is 1. The molecular weight excluding hydrogens is 570 g/mol. The molecule has 1 spiro atoms. The summed E-state index contributed by atoms with van der Waals surface area (Å²) in [5.74, 6) is 0.255. The lowest BCUT2D eigenvalue weighted by Crippen LogP contribution is -2.59. The molecule has 8 N–H and O–H groups in total. The van der Waals surface area contributed by atoms with Gasteiger partial charge in [0.2, 0.25) is 11.6 Å². The highest BCUT2D eigenvalue weighted by Gasteiger charge is 2.56. The third-order valence-corrected chi connectivity index (χ3v) is 9.88. The fourth-order valence-electron chi connectivity index (χ4n) is 7.43. The molecule has 0 amide bonds. The second-order valence-electron chi connectivity index (χ2n) is 12.8. The second-order valence-corrected chi connectivity index (χ2v) is 12.8. The number of nitrogens with zero attached hydrogens (tertiary/aromatic N) is 4. The number of hydrogen-bond acceptors (Lipinski definition) is 9. The number of aromatic nitrogens is 1. The molecule has 2 aliphatic heterocycles. The zero-order chi connectivity index (χ0) is 32.1. The number of ether oxygens (including phenoxy) is 1. The van der Waals surface area contributed by atoms with Gasteiger partial charge in [0.05, 0.1) is 30.8 Å². The minimum Gasteiger partial charge on any atom is -0.508 e. The predicted octanol–water partition coefficient (Wildman–Crippen LogP) is 3.72. The molecule has 3 heterocycles. The molecular formula is C34H50N7O4+. The number of piperidine rings is 1. The average molecular weight is 621 g/mol. The molecule has 0 bridgehead atoms. The van der Waals surface area contributed by atoms with Crippen LogP contribution in [0.2, 0.25) is 0 Å². The molecule has 3 aliphatic carbocycles. The van der Waals surface area contributed by atoms with Crippen molar-refractivity contribution in [1.29, 1.82) is 0 Å². The van der Waals surface area contributed by atoms with Gasteiger partial charge in [-0.05, 0) is 68.9 Å². The Morgan fingerprint density at radius 1 is 1.09 bits per heavy atom. The van der Waals surface area contributed by atoms with E-state index >= 15 is 0 Å². The van der Waals surface area contributed by atoms with Crippen LogP contribution in [0.5, 0.6) is 5.88 Å². The van der Waals surface area contributed by atoms with Gasteiger partial charge in [0.15, 0.2) is 12.8 Å². The van der Waals surface area contributed by atoms with E-state index in [1.807, 2.05) is 32.1 Å². The largest absolute Gasteiger partial charge is 0.508 e. The Morgan fingerprint density at radius 3 is 2.42 bits per heavy atom. The molecule has 45 heavy (non-hydrogen) atoms. The normalized spacial score (nSPS) is 27.1. The van der Waals surface area contributed by atoms with Crippen LogP contribution in [-0.2, 0) is 4.79 Å². The van der Waals surface area contributed by atoms with Crippen molar-refractivity contribution in [2.75, 3.05) is 32.7 Å². The number of rotatable bonds is 8. The van der Waals surface area contributed by atoms with Gasteiger partial charge in [0.1, 0.15) is 17.7 Å². The molecule has 0 aromatic carbocycles. The van der Waals surface area contributed by atoms with Crippen LogP contribution in [0.3, 0.4) is 0 Å². The summed E-state index contributed by atoms with van der Waals surface area (Å²) in [7, 11) is 0. The summed E-state index contributed by atoms with van der Waals surface area (Å²) in [4.78, 5) is 20.3. The van der Waals surface area contributed by atoms with Gasteiger partial charge in [-0.1, -0.05) is 19.9 Å². The van der Waals surface area contributed by atoms with Crippen LogP contribution in [0.25, 0.3) is 0 Å². The maximum atomic E-state index is 11.2. The Balaban J connectivity index is 0.00000196. The molecule has 6 rings (SSSR count). The molecule has 0 unspecified atom stereocenters. The first-order valence-corrected chi connectivity index (χ1v) is 16.5. The Hall–Kier alpha value is -3.99. The standard InChI is InChI=1S/C32H43N7O4.C2H6/c33-26(25-3-1-2-4-28(25)40)16-27(30(34)35)39-13-11-38(12-14-39)22-5-8-36-29(15-22)43-24-6-9-37(10-7-24)23-19-32(20-23)17-21(18-32)31(41)42;1-2/h3-5,8,11,15-16,21,23-24H,1-2,6-7,9-10,12-14,17-20,33-35H2,(H-,40,41,42);1-2H3/p+1/b26-16-;. The van der Waals surface area contributed by atoms with Crippen LogP contribution in [0, 0.1) is 11.3 Å². The van der Waals surface area contributed by atoms with Crippen molar-refractivity contribution in [2.45, 2.75) is 77.4 Å². The topological polar surface area (TPSA) is 167 Å². The minimum absolute atomic E-state index is 0.122. The summed E-state index contributed by atoms with van der Waals surface area (Å²) in [6.45, 7) is 8.01. The maximum absolute atomic E-state index is 11.2. The molecule has 1 aromatic heterocycles. The number of nitrogens with two attached hydrogens (primary N) is 3. The van der Waals surface area contributed by atoms with Crippen molar-refractivity contribution in [2.24, 2.45) is 28.5 Å². The number of likely N-dealkylation sites (tertiary alicyclic amines) is 1. The number of carbonyl (C=O) groups is 1. The van der Waals surface area contributed by atoms with E-state index in [-0.39, 0.29) is 23.6 Å². The van der Waals surface area contributed by atoms with Gasteiger partial charge in [-0.15, -0.1) is 0 Å². The lowest BCUT2D eigenvalue weighted by atomic mass is 9.49. The predicted molar refractivity (Wildman–Crippen MR) is 175 cm³/mol. The minimum atomic E-state index is -0.630. The first-order chi connectivity index (χ1) is 21.7. The zero-order valence-corrected chi connectivity index (χ0v) is 26.7. The fraction of sp³-hybridized carbons (Fsp3) is 0.559. The number of aliphatic hydroxyl groups excluding tert-OH is 1. The Bertz CT molecular complexity index is 1390. The van der Waals surface area contributed by atoms with Crippen LogP contribution in [0.1, 0.15) is 65.2 Å². The monoisotopic (exact) mass is 620 g/mol. The lowest BCUT2D eigenvalue weighted by Gasteiger charge is -2.59. The van der Waals surface area contributed by atoms with Crippen molar-refractivity contribution in [1.82, 2.24) is 14.8 Å². The molecule has 1 saturated heterocycles. The highest BCUT2D eigenvalue weighted by atomic mass is 16.5. The second kappa shape index (κ2) is 14.0. The van der Waals surface area contributed by atoms with Crippen molar-refractivity contribution in [3.8, 4) is 5.88 Å². The molecule has 0 atom stereocenters.